The Morgan fingerprint density at radius 1 is 1.47 bits per heavy atom. The zero-order valence-corrected chi connectivity index (χ0v) is 10.8. The van der Waals surface area contributed by atoms with E-state index in [-0.39, 0.29) is 5.75 Å². The third-order valence-electron chi connectivity index (χ3n) is 2.38. The summed E-state index contributed by atoms with van der Waals surface area (Å²) in [6.45, 7) is 6.14. The van der Waals surface area contributed by atoms with Gasteiger partial charge >= 0.3 is 0 Å². The highest BCUT2D eigenvalue weighted by Crippen LogP contribution is 2.13. The molecule has 5 heteroatoms. The first-order valence-electron chi connectivity index (χ1n) is 5.42. The van der Waals surface area contributed by atoms with Gasteiger partial charge in [0.2, 0.25) is 10.0 Å². The SMILES string of the molecule is C=CCN(CC)S(=O)(=O)Cc1cccc(N)c1. The third kappa shape index (κ3) is 3.87. The number of rotatable bonds is 6. The average molecular weight is 254 g/mol. The maximum absolute atomic E-state index is 12.1. The van der Waals surface area contributed by atoms with Gasteiger partial charge in [-0.2, -0.15) is 4.31 Å². The van der Waals surface area contributed by atoms with Gasteiger partial charge in [0.1, 0.15) is 0 Å². The second-order valence-corrected chi connectivity index (χ2v) is 5.71. The number of hydrogen-bond acceptors (Lipinski definition) is 3. The first-order chi connectivity index (χ1) is 7.99. The van der Waals surface area contributed by atoms with Crippen molar-refractivity contribution in [3.63, 3.8) is 0 Å². The maximum atomic E-state index is 12.1. The van der Waals surface area contributed by atoms with E-state index in [1.165, 1.54) is 4.31 Å². The van der Waals surface area contributed by atoms with Crippen LogP contribution in [0, 0.1) is 0 Å². The summed E-state index contributed by atoms with van der Waals surface area (Å²) in [5.74, 6) is -0.0281. The normalized spacial score (nSPS) is 11.6. The Labute approximate surface area is 103 Å². The van der Waals surface area contributed by atoms with Gasteiger partial charge < -0.3 is 5.73 Å². The smallest absolute Gasteiger partial charge is 0.218 e. The Kier molecular flexibility index (Phi) is 4.72. The molecule has 0 fully saturated rings. The lowest BCUT2D eigenvalue weighted by Crippen LogP contribution is -2.32. The number of nitrogens with zero attached hydrogens (tertiary/aromatic N) is 1. The third-order valence-corrected chi connectivity index (χ3v) is 4.27. The first-order valence-corrected chi connectivity index (χ1v) is 7.03. The minimum absolute atomic E-state index is 0.0281. The van der Waals surface area contributed by atoms with Crippen LogP contribution in [0.1, 0.15) is 12.5 Å². The molecule has 1 rings (SSSR count). The van der Waals surface area contributed by atoms with E-state index in [1.807, 2.05) is 0 Å². The van der Waals surface area contributed by atoms with Crippen LogP contribution in [0.2, 0.25) is 0 Å². The Balaban J connectivity index is 2.88. The highest BCUT2D eigenvalue weighted by Gasteiger charge is 2.19. The average Bonchev–Trinajstić information content (AvgIpc) is 2.24. The monoisotopic (exact) mass is 254 g/mol. The number of benzene rings is 1. The van der Waals surface area contributed by atoms with Crippen molar-refractivity contribution < 1.29 is 8.42 Å². The highest BCUT2D eigenvalue weighted by molar-refractivity contribution is 7.88. The summed E-state index contributed by atoms with van der Waals surface area (Å²) in [4.78, 5) is 0. The number of likely N-dealkylation sites (N-methyl/N-ethyl adjacent to an activating group) is 1. The fourth-order valence-corrected chi connectivity index (χ4v) is 3.08. The summed E-state index contributed by atoms with van der Waals surface area (Å²) in [6.07, 6.45) is 1.58. The topological polar surface area (TPSA) is 63.4 Å². The van der Waals surface area contributed by atoms with Gasteiger partial charge in [-0.25, -0.2) is 8.42 Å². The van der Waals surface area contributed by atoms with Crippen LogP contribution in [0.3, 0.4) is 0 Å². The fourth-order valence-electron chi connectivity index (χ4n) is 1.57. The predicted octanol–water partition coefficient (Wildman–Crippen LogP) is 1.61. The van der Waals surface area contributed by atoms with Gasteiger partial charge in [0.25, 0.3) is 0 Å². The molecule has 0 bridgehead atoms. The van der Waals surface area contributed by atoms with E-state index in [2.05, 4.69) is 6.58 Å². The number of nitrogen functional groups attached to an aromatic ring is 1. The van der Waals surface area contributed by atoms with Gasteiger partial charge in [-0.15, -0.1) is 6.58 Å². The van der Waals surface area contributed by atoms with E-state index in [1.54, 1.807) is 37.3 Å². The number of sulfonamides is 1. The van der Waals surface area contributed by atoms with Gasteiger partial charge in [0.15, 0.2) is 0 Å². The van der Waals surface area contributed by atoms with Crippen molar-refractivity contribution in [2.45, 2.75) is 12.7 Å². The molecule has 2 N–H and O–H groups in total. The Bertz CT molecular complexity index is 483. The Hall–Kier alpha value is -1.33. The van der Waals surface area contributed by atoms with Crippen LogP contribution in [-0.4, -0.2) is 25.8 Å². The van der Waals surface area contributed by atoms with Gasteiger partial charge in [-0.1, -0.05) is 25.1 Å². The minimum atomic E-state index is -3.30. The molecule has 0 radical (unpaired) electrons. The van der Waals surface area contributed by atoms with Crippen molar-refractivity contribution in [2.75, 3.05) is 18.8 Å². The number of anilines is 1. The quantitative estimate of drug-likeness (QED) is 0.619. The van der Waals surface area contributed by atoms with Crippen molar-refractivity contribution >= 4 is 15.7 Å². The van der Waals surface area contributed by atoms with Crippen LogP contribution < -0.4 is 5.73 Å². The lowest BCUT2D eigenvalue weighted by molar-refractivity contribution is 0.459. The molecule has 0 spiro atoms. The van der Waals surface area contributed by atoms with Crippen molar-refractivity contribution in [3.8, 4) is 0 Å². The molecule has 0 aliphatic rings. The van der Waals surface area contributed by atoms with Crippen LogP contribution in [0.25, 0.3) is 0 Å². The molecule has 0 heterocycles. The number of nitrogens with two attached hydrogens (primary N) is 1. The Morgan fingerprint density at radius 3 is 2.71 bits per heavy atom. The van der Waals surface area contributed by atoms with E-state index < -0.39 is 10.0 Å². The molecule has 94 valence electrons. The molecule has 0 saturated carbocycles. The molecule has 0 aliphatic heterocycles. The molecule has 0 aliphatic carbocycles. The van der Waals surface area contributed by atoms with E-state index in [0.29, 0.717) is 24.3 Å². The minimum Gasteiger partial charge on any atom is -0.399 e. The van der Waals surface area contributed by atoms with Gasteiger partial charge in [0.05, 0.1) is 5.75 Å². The van der Waals surface area contributed by atoms with Crippen molar-refractivity contribution in [3.05, 3.63) is 42.5 Å². The molecule has 1 aromatic rings. The summed E-state index contributed by atoms with van der Waals surface area (Å²) < 4.78 is 25.5. The molecule has 1 aromatic carbocycles. The fraction of sp³-hybridized carbons (Fsp3) is 0.333. The summed E-state index contributed by atoms with van der Waals surface area (Å²) in [5.41, 5.74) is 6.90. The van der Waals surface area contributed by atoms with Gasteiger partial charge in [-0.3, -0.25) is 0 Å². The summed E-state index contributed by atoms with van der Waals surface area (Å²) in [7, 11) is -3.30. The van der Waals surface area contributed by atoms with E-state index >= 15 is 0 Å². The first kappa shape index (κ1) is 13.7. The van der Waals surface area contributed by atoms with Gasteiger partial charge in [-0.05, 0) is 17.7 Å². The van der Waals surface area contributed by atoms with E-state index in [4.69, 9.17) is 5.73 Å². The molecule has 0 atom stereocenters. The molecule has 17 heavy (non-hydrogen) atoms. The lowest BCUT2D eigenvalue weighted by atomic mass is 10.2. The van der Waals surface area contributed by atoms with Crippen LogP contribution in [0.5, 0.6) is 0 Å². The highest BCUT2D eigenvalue weighted by atomic mass is 32.2. The zero-order valence-electron chi connectivity index (χ0n) is 9.96. The molecule has 0 unspecified atom stereocenters. The lowest BCUT2D eigenvalue weighted by Gasteiger charge is -2.18. The van der Waals surface area contributed by atoms with Crippen LogP contribution >= 0.6 is 0 Å². The van der Waals surface area contributed by atoms with Crippen LogP contribution in [-0.2, 0) is 15.8 Å². The van der Waals surface area contributed by atoms with Crippen LogP contribution in [0.15, 0.2) is 36.9 Å². The standard InChI is InChI=1S/C12H18N2O2S/c1-3-8-14(4-2)17(15,16)10-11-6-5-7-12(13)9-11/h3,5-7,9H,1,4,8,10,13H2,2H3. The molecule has 0 amide bonds. The predicted molar refractivity (Wildman–Crippen MR) is 70.9 cm³/mol. The molecular formula is C12H18N2O2S. The second-order valence-electron chi connectivity index (χ2n) is 3.74. The Morgan fingerprint density at radius 2 is 2.18 bits per heavy atom. The second kappa shape index (κ2) is 5.84. The van der Waals surface area contributed by atoms with Gasteiger partial charge in [0, 0.05) is 18.8 Å². The maximum Gasteiger partial charge on any atom is 0.218 e. The molecule has 0 aromatic heterocycles. The number of hydrogen-bond donors (Lipinski definition) is 1. The summed E-state index contributed by atoms with van der Waals surface area (Å²) in [6, 6.07) is 6.93. The van der Waals surface area contributed by atoms with E-state index in [0.717, 1.165) is 0 Å². The van der Waals surface area contributed by atoms with Crippen LogP contribution in [0.4, 0.5) is 5.69 Å². The zero-order chi connectivity index (χ0) is 12.9. The summed E-state index contributed by atoms with van der Waals surface area (Å²) >= 11 is 0. The largest absolute Gasteiger partial charge is 0.399 e. The molecular weight excluding hydrogens is 236 g/mol. The van der Waals surface area contributed by atoms with E-state index in [9.17, 15) is 8.42 Å². The molecule has 0 saturated heterocycles. The molecule has 4 nitrogen and oxygen atoms in total. The van der Waals surface area contributed by atoms with Crippen molar-refractivity contribution in [2.24, 2.45) is 0 Å². The van der Waals surface area contributed by atoms with Crippen molar-refractivity contribution in [1.82, 2.24) is 4.31 Å². The van der Waals surface area contributed by atoms with Crippen molar-refractivity contribution in [1.29, 1.82) is 0 Å². The summed E-state index contributed by atoms with van der Waals surface area (Å²) in [5, 5.41) is 0.